The SMILES string of the molecule is CC(C)CCc1cc(Cl)cc(N)n1. The Morgan fingerprint density at radius 2 is 2.15 bits per heavy atom. The largest absolute Gasteiger partial charge is 0.384 e. The molecule has 13 heavy (non-hydrogen) atoms. The summed E-state index contributed by atoms with van der Waals surface area (Å²) in [7, 11) is 0. The predicted octanol–water partition coefficient (Wildman–Crippen LogP) is 2.91. The highest BCUT2D eigenvalue weighted by Gasteiger charge is 2.00. The van der Waals surface area contributed by atoms with E-state index in [4.69, 9.17) is 17.3 Å². The summed E-state index contributed by atoms with van der Waals surface area (Å²) in [5, 5.41) is 0.672. The van der Waals surface area contributed by atoms with Gasteiger partial charge in [0.2, 0.25) is 0 Å². The maximum absolute atomic E-state index is 5.85. The van der Waals surface area contributed by atoms with Gasteiger partial charge < -0.3 is 5.73 Å². The average Bonchev–Trinajstić information content (AvgIpc) is 1.99. The summed E-state index contributed by atoms with van der Waals surface area (Å²) in [6.45, 7) is 4.38. The number of nitrogens with two attached hydrogens (primary N) is 1. The summed E-state index contributed by atoms with van der Waals surface area (Å²) < 4.78 is 0. The molecule has 2 nitrogen and oxygen atoms in total. The molecule has 0 aliphatic carbocycles. The van der Waals surface area contributed by atoms with E-state index < -0.39 is 0 Å². The molecule has 2 N–H and O–H groups in total. The van der Waals surface area contributed by atoms with Crippen LogP contribution in [0.5, 0.6) is 0 Å². The molecule has 0 saturated heterocycles. The molecular formula is C10H15ClN2. The van der Waals surface area contributed by atoms with E-state index in [9.17, 15) is 0 Å². The van der Waals surface area contributed by atoms with Gasteiger partial charge in [0, 0.05) is 10.7 Å². The maximum atomic E-state index is 5.85. The zero-order valence-corrected chi connectivity index (χ0v) is 8.80. The Morgan fingerprint density at radius 3 is 2.69 bits per heavy atom. The molecule has 0 unspecified atom stereocenters. The van der Waals surface area contributed by atoms with E-state index in [0.29, 0.717) is 16.8 Å². The molecule has 0 aliphatic rings. The molecule has 3 heteroatoms. The predicted molar refractivity (Wildman–Crippen MR) is 56.8 cm³/mol. The fraction of sp³-hybridized carbons (Fsp3) is 0.500. The molecule has 0 amide bonds. The van der Waals surface area contributed by atoms with Crippen molar-refractivity contribution in [1.82, 2.24) is 4.98 Å². The Hall–Kier alpha value is -0.760. The Balaban J connectivity index is 2.66. The minimum atomic E-state index is 0.506. The van der Waals surface area contributed by atoms with Gasteiger partial charge in [0.25, 0.3) is 0 Å². The highest BCUT2D eigenvalue weighted by Crippen LogP contribution is 2.15. The number of nitrogens with zero attached hydrogens (tertiary/aromatic N) is 1. The van der Waals surface area contributed by atoms with Gasteiger partial charge in [-0.25, -0.2) is 4.98 Å². The van der Waals surface area contributed by atoms with Crippen LogP contribution in [0.2, 0.25) is 5.02 Å². The van der Waals surface area contributed by atoms with Crippen LogP contribution >= 0.6 is 11.6 Å². The molecule has 1 heterocycles. The zero-order chi connectivity index (χ0) is 9.84. The van der Waals surface area contributed by atoms with Crippen LogP contribution in [0.3, 0.4) is 0 Å². The molecule has 0 saturated carbocycles. The maximum Gasteiger partial charge on any atom is 0.125 e. The number of aryl methyl sites for hydroxylation is 1. The van der Waals surface area contributed by atoms with E-state index in [1.54, 1.807) is 6.07 Å². The lowest BCUT2D eigenvalue weighted by Crippen LogP contribution is -1.98. The fourth-order valence-electron chi connectivity index (χ4n) is 1.14. The first-order chi connectivity index (χ1) is 6.08. The van der Waals surface area contributed by atoms with E-state index in [0.717, 1.165) is 18.5 Å². The summed E-state index contributed by atoms with van der Waals surface area (Å²) in [5.74, 6) is 1.19. The Morgan fingerprint density at radius 1 is 1.46 bits per heavy atom. The van der Waals surface area contributed by atoms with Gasteiger partial charge in [0.05, 0.1) is 0 Å². The van der Waals surface area contributed by atoms with Gasteiger partial charge in [0.15, 0.2) is 0 Å². The molecule has 1 aromatic heterocycles. The second-order valence-corrected chi connectivity index (χ2v) is 4.07. The van der Waals surface area contributed by atoms with Crippen LogP contribution < -0.4 is 5.73 Å². The Labute approximate surface area is 84.1 Å². The molecule has 1 aromatic rings. The third kappa shape index (κ3) is 3.64. The molecule has 0 bridgehead atoms. The Bertz CT molecular complexity index is 264. The molecule has 1 rings (SSSR count). The first kappa shape index (κ1) is 10.3. The molecular weight excluding hydrogens is 184 g/mol. The number of rotatable bonds is 3. The lowest BCUT2D eigenvalue weighted by molar-refractivity contribution is 0.582. The van der Waals surface area contributed by atoms with Crippen molar-refractivity contribution in [3.8, 4) is 0 Å². The first-order valence-corrected chi connectivity index (χ1v) is 4.87. The Kier molecular flexibility index (Phi) is 3.55. The van der Waals surface area contributed by atoms with Crippen LogP contribution in [0.4, 0.5) is 5.82 Å². The number of halogens is 1. The number of hydrogen-bond donors (Lipinski definition) is 1. The van der Waals surface area contributed by atoms with Crippen LogP contribution in [0, 0.1) is 5.92 Å². The van der Waals surface area contributed by atoms with Gasteiger partial charge in [-0.1, -0.05) is 25.4 Å². The first-order valence-electron chi connectivity index (χ1n) is 4.50. The highest BCUT2D eigenvalue weighted by molar-refractivity contribution is 6.30. The second kappa shape index (κ2) is 4.47. The third-order valence-corrected chi connectivity index (χ3v) is 2.06. The highest BCUT2D eigenvalue weighted by atomic mass is 35.5. The van der Waals surface area contributed by atoms with Crippen molar-refractivity contribution >= 4 is 17.4 Å². The molecule has 0 radical (unpaired) electrons. The normalized spacial score (nSPS) is 10.8. The zero-order valence-electron chi connectivity index (χ0n) is 8.05. The van der Waals surface area contributed by atoms with Gasteiger partial charge in [-0.05, 0) is 30.9 Å². The van der Waals surface area contributed by atoms with Crippen molar-refractivity contribution in [2.45, 2.75) is 26.7 Å². The second-order valence-electron chi connectivity index (χ2n) is 3.63. The van der Waals surface area contributed by atoms with Crippen molar-refractivity contribution in [3.63, 3.8) is 0 Å². The van der Waals surface area contributed by atoms with Gasteiger partial charge in [-0.2, -0.15) is 0 Å². The minimum absolute atomic E-state index is 0.506. The van der Waals surface area contributed by atoms with Crippen molar-refractivity contribution in [2.24, 2.45) is 5.92 Å². The number of nitrogen functional groups attached to an aromatic ring is 1. The summed E-state index contributed by atoms with van der Waals surface area (Å²) in [6.07, 6.45) is 2.06. The molecule has 0 aliphatic heterocycles. The number of hydrogen-bond acceptors (Lipinski definition) is 2. The van der Waals surface area contributed by atoms with E-state index in [-0.39, 0.29) is 0 Å². The molecule has 0 spiro atoms. The van der Waals surface area contributed by atoms with Crippen molar-refractivity contribution in [1.29, 1.82) is 0 Å². The van der Waals surface area contributed by atoms with Crippen LogP contribution in [0.25, 0.3) is 0 Å². The quantitative estimate of drug-likeness (QED) is 0.811. The topological polar surface area (TPSA) is 38.9 Å². The minimum Gasteiger partial charge on any atom is -0.384 e. The van der Waals surface area contributed by atoms with E-state index in [1.165, 1.54) is 0 Å². The van der Waals surface area contributed by atoms with Gasteiger partial charge in [-0.3, -0.25) is 0 Å². The number of aromatic nitrogens is 1. The van der Waals surface area contributed by atoms with Crippen LogP contribution in [0.15, 0.2) is 12.1 Å². The lowest BCUT2D eigenvalue weighted by atomic mass is 10.1. The van der Waals surface area contributed by atoms with Crippen molar-refractivity contribution in [2.75, 3.05) is 5.73 Å². The summed E-state index contributed by atoms with van der Waals surface area (Å²) in [5.41, 5.74) is 6.56. The van der Waals surface area contributed by atoms with Gasteiger partial charge >= 0.3 is 0 Å². The number of anilines is 1. The number of pyridine rings is 1. The van der Waals surface area contributed by atoms with Crippen LogP contribution in [-0.4, -0.2) is 4.98 Å². The van der Waals surface area contributed by atoms with Gasteiger partial charge in [-0.15, -0.1) is 0 Å². The summed E-state index contributed by atoms with van der Waals surface area (Å²) in [6, 6.07) is 3.54. The van der Waals surface area contributed by atoms with E-state index >= 15 is 0 Å². The van der Waals surface area contributed by atoms with Crippen LogP contribution in [-0.2, 0) is 6.42 Å². The molecule has 0 atom stereocenters. The monoisotopic (exact) mass is 198 g/mol. The molecule has 0 aromatic carbocycles. The van der Waals surface area contributed by atoms with E-state index in [2.05, 4.69) is 18.8 Å². The summed E-state index contributed by atoms with van der Waals surface area (Å²) >= 11 is 5.85. The molecule has 0 fully saturated rings. The standard InChI is InChI=1S/C10H15ClN2/c1-7(2)3-4-9-5-8(11)6-10(12)13-9/h5-7H,3-4H2,1-2H3,(H2,12,13). The molecule has 72 valence electrons. The van der Waals surface area contributed by atoms with Crippen LogP contribution in [0.1, 0.15) is 26.0 Å². The third-order valence-electron chi connectivity index (χ3n) is 1.84. The van der Waals surface area contributed by atoms with Gasteiger partial charge in [0.1, 0.15) is 5.82 Å². The lowest BCUT2D eigenvalue weighted by Gasteiger charge is -2.05. The summed E-state index contributed by atoms with van der Waals surface area (Å²) in [4.78, 5) is 4.20. The van der Waals surface area contributed by atoms with Crippen molar-refractivity contribution in [3.05, 3.63) is 22.8 Å². The smallest absolute Gasteiger partial charge is 0.125 e. The fourth-order valence-corrected chi connectivity index (χ4v) is 1.37. The van der Waals surface area contributed by atoms with E-state index in [1.807, 2.05) is 6.07 Å². The van der Waals surface area contributed by atoms with Crippen molar-refractivity contribution < 1.29 is 0 Å². The average molecular weight is 199 g/mol.